The van der Waals surface area contributed by atoms with Crippen molar-refractivity contribution in [2.24, 2.45) is 0 Å². The number of ether oxygens (including phenoxy) is 1. The molecule has 3 rings (SSSR count). The molecule has 0 saturated carbocycles. The Hall–Kier alpha value is -1.01. The van der Waals surface area contributed by atoms with Gasteiger partial charge in [-0.05, 0) is 31.3 Å². The number of hydrogen-bond donors (Lipinski definition) is 0. The van der Waals surface area contributed by atoms with Crippen molar-refractivity contribution in [3.8, 4) is 5.88 Å². The van der Waals surface area contributed by atoms with Crippen molar-refractivity contribution >= 4 is 34.5 Å². The zero-order valence-corrected chi connectivity index (χ0v) is 13.1. The molecule has 0 amide bonds. The predicted molar refractivity (Wildman–Crippen MR) is 81.7 cm³/mol. The maximum absolute atomic E-state index is 6.32. The second kappa shape index (κ2) is 5.77. The Kier molecular flexibility index (Phi) is 4.03. The van der Waals surface area contributed by atoms with E-state index in [2.05, 4.69) is 19.5 Å². The minimum atomic E-state index is -0.163. The van der Waals surface area contributed by atoms with Gasteiger partial charge in [-0.1, -0.05) is 0 Å². The van der Waals surface area contributed by atoms with Crippen molar-refractivity contribution in [3.63, 3.8) is 0 Å². The Morgan fingerprint density at radius 3 is 2.80 bits per heavy atom. The average Bonchev–Trinajstić information content (AvgIpc) is 2.87. The van der Waals surface area contributed by atoms with Gasteiger partial charge in [0.25, 0.3) is 0 Å². The lowest BCUT2D eigenvalue weighted by Crippen LogP contribution is -2.18. The van der Waals surface area contributed by atoms with Gasteiger partial charge in [-0.3, -0.25) is 0 Å². The van der Waals surface area contributed by atoms with Gasteiger partial charge in [0.2, 0.25) is 5.88 Å². The Bertz CT molecular complexity index is 610. The Balaban J connectivity index is 2.18. The Labute approximate surface area is 127 Å². The molecule has 1 aliphatic heterocycles. The lowest BCUT2D eigenvalue weighted by molar-refractivity contribution is 0.401. The van der Waals surface area contributed by atoms with Gasteiger partial charge in [0, 0.05) is 6.04 Å². The number of imidazole rings is 1. The van der Waals surface area contributed by atoms with Crippen LogP contribution in [0.3, 0.4) is 0 Å². The van der Waals surface area contributed by atoms with E-state index < -0.39 is 0 Å². The highest BCUT2D eigenvalue weighted by atomic mass is 35.5. The SMILES string of the molecule is COc1ncnc2c1nc(C(C)Cl)n2C1CCSCC1. The summed E-state index contributed by atoms with van der Waals surface area (Å²) in [7, 11) is 1.60. The van der Waals surface area contributed by atoms with Crippen molar-refractivity contribution in [1.82, 2.24) is 19.5 Å². The highest BCUT2D eigenvalue weighted by Crippen LogP contribution is 2.35. The molecule has 1 fully saturated rings. The normalized spacial score (nSPS) is 18.4. The van der Waals surface area contributed by atoms with Gasteiger partial charge in [0.1, 0.15) is 12.2 Å². The second-order valence-corrected chi connectivity index (χ2v) is 6.73. The van der Waals surface area contributed by atoms with Crippen LogP contribution in [0.15, 0.2) is 6.33 Å². The molecule has 7 heteroatoms. The summed E-state index contributed by atoms with van der Waals surface area (Å²) < 4.78 is 7.48. The van der Waals surface area contributed by atoms with Crippen molar-refractivity contribution in [3.05, 3.63) is 12.2 Å². The lowest BCUT2D eigenvalue weighted by Gasteiger charge is -2.25. The van der Waals surface area contributed by atoms with Crippen LogP contribution in [0.2, 0.25) is 0 Å². The highest BCUT2D eigenvalue weighted by Gasteiger charge is 2.25. The van der Waals surface area contributed by atoms with Gasteiger partial charge in [0.05, 0.1) is 12.5 Å². The first-order valence-electron chi connectivity index (χ1n) is 6.71. The first kappa shape index (κ1) is 13.9. The third-order valence-corrected chi connectivity index (χ3v) is 4.82. The van der Waals surface area contributed by atoms with Gasteiger partial charge in [-0.2, -0.15) is 16.7 Å². The molecule has 2 aromatic heterocycles. The first-order valence-corrected chi connectivity index (χ1v) is 8.30. The average molecular weight is 313 g/mol. The van der Waals surface area contributed by atoms with E-state index in [0.717, 1.165) is 24.3 Å². The van der Waals surface area contributed by atoms with E-state index in [0.29, 0.717) is 17.4 Å². The minimum absolute atomic E-state index is 0.163. The van der Waals surface area contributed by atoms with Crippen LogP contribution in [-0.2, 0) is 0 Å². The summed E-state index contributed by atoms with van der Waals surface area (Å²) >= 11 is 8.32. The third kappa shape index (κ3) is 2.35. The molecule has 0 aliphatic carbocycles. The zero-order valence-electron chi connectivity index (χ0n) is 11.5. The second-order valence-electron chi connectivity index (χ2n) is 4.85. The summed E-state index contributed by atoms with van der Waals surface area (Å²) in [5.41, 5.74) is 1.53. The molecule has 0 bridgehead atoms. The van der Waals surface area contributed by atoms with Crippen LogP contribution in [0.4, 0.5) is 0 Å². The largest absolute Gasteiger partial charge is 0.479 e. The molecule has 1 unspecified atom stereocenters. The maximum atomic E-state index is 6.32. The molecule has 0 aromatic carbocycles. The van der Waals surface area contributed by atoms with E-state index in [4.69, 9.17) is 16.3 Å². The summed E-state index contributed by atoms with van der Waals surface area (Å²) in [4.78, 5) is 13.2. The number of nitrogens with zero attached hydrogens (tertiary/aromatic N) is 4. The van der Waals surface area contributed by atoms with E-state index in [1.54, 1.807) is 7.11 Å². The topological polar surface area (TPSA) is 52.8 Å². The first-order chi connectivity index (χ1) is 9.72. The fraction of sp³-hybridized carbons (Fsp3) is 0.615. The van der Waals surface area contributed by atoms with E-state index in [9.17, 15) is 0 Å². The molecular formula is C13H17ClN4OS. The monoisotopic (exact) mass is 312 g/mol. The van der Waals surface area contributed by atoms with Crippen molar-refractivity contribution in [1.29, 1.82) is 0 Å². The predicted octanol–water partition coefficient (Wildman–Crippen LogP) is 3.20. The maximum Gasteiger partial charge on any atom is 0.245 e. The molecule has 5 nitrogen and oxygen atoms in total. The number of rotatable bonds is 3. The summed E-state index contributed by atoms with van der Waals surface area (Å²) in [6.45, 7) is 1.94. The molecule has 20 heavy (non-hydrogen) atoms. The standard InChI is InChI=1S/C13H17ClN4OS/c1-8(14)11-17-10-12(15-7-16-13(10)19-2)18(11)9-3-5-20-6-4-9/h7-9H,3-6H2,1-2H3. The number of fused-ring (bicyclic) bond motifs is 1. The van der Waals surface area contributed by atoms with Crippen LogP contribution in [0.1, 0.15) is 37.0 Å². The Morgan fingerprint density at radius 2 is 2.15 bits per heavy atom. The van der Waals surface area contributed by atoms with Gasteiger partial charge < -0.3 is 9.30 Å². The van der Waals surface area contributed by atoms with E-state index in [-0.39, 0.29) is 5.38 Å². The van der Waals surface area contributed by atoms with Crippen LogP contribution in [-0.4, -0.2) is 38.1 Å². The number of thioether (sulfide) groups is 1. The van der Waals surface area contributed by atoms with Crippen LogP contribution < -0.4 is 4.74 Å². The molecule has 1 saturated heterocycles. The number of alkyl halides is 1. The molecule has 1 aliphatic rings. The molecule has 1 atom stereocenters. The lowest BCUT2D eigenvalue weighted by atomic mass is 10.1. The molecule has 2 aromatic rings. The quantitative estimate of drug-likeness (QED) is 0.815. The number of aromatic nitrogens is 4. The highest BCUT2D eigenvalue weighted by molar-refractivity contribution is 7.99. The number of hydrogen-bond acceptors (Lipinski definition) is 5. The van der Waals surface area contributed by atoms with Crippen molar-refractivity contribution < 1.29 is 4.74 Å². The number of halogens is 1. The zero-order chi connectivity index (χ0) is 14.1. The van der Waals surface area contributed by atoms with Crippen LogP contribution in [0.25, 0.3) is 11.2 Å². The van der Waals surface area contributed by atoms with Gasteiger partial charge in [-0.25, -0.2) is 9.97 Å². The molecular weight excluding hydrogens is 296 g/mol. The number of methoxy groups -OCH3 is 1. The van der Waals surface area contributed by atoms with Gasteiger partial charge in [0.15, 0.2) is 11.2 Å². The molecule has 3 heterocycles. The van der Waals surface area contributed by atoms with E-state index >= 15 is 0 Å². The molecule has 0 spiro atoms. The van der Waals surface area contributed by atoms with Gasteiger partial charge >= 0.3 is 0 Å². The smallest absolute Gasteiger partial charge is 0.245 e. The van der Waals surface area contributed by atoms with Crippen molar-refractivity contribution in [2.75, 3.05) is 18.6 Å². The summed E-state index contributed by atoms with van der Waals surface area (Å²) in [6, 6.07) is 0.414. The van der Waals surface area contributed by atoms with E-state index in [1.807, 2.05) is 18.7 Å². The molecule has 0 N–H and O–H groups in total. The van der Waals surface area contributed by atoms with Crippen LogP contribution in [0, 0.1) is 0 Å². The van der Waals surface area contributed by atoms with E-state index in [1.165, 1.54) is 17.8 Å². The fourth-order valence-corrected chi connectivity index (χ4v) is 3.87. The van der Waals surface area contributed by atoms with Crippen LogP contribution >= 0.6 is 23.4 Å². The molecule has 0 radical (unpaired) electrons. The Morgan fingerprint density at radius 1 is 1.40 bits per heavy atom. The minimum Gasteiger partial charge on any atom is -0.479 e. The third-order valence-electron chi connectivity index (χ3n) is 3.58. The van der Waals surface area contributed by atoms with Crippen LogP contribution in [0.5, 0.6) is 5.88 Å². The van der Waals surface area contributed by atoms with Crippen molar-refractivity contribution in [2.45, 2.75) is 31.2 Å². The fourth-order valence-electron chi connectivity index (χ4n) is 2.64. The van der Waals surface area contributed by atoms with Gasteiger partial charge in [-0.15, -0.1) is 11.6 Å². The molecule has 108 valence electrons. The summed E-state index contributed by atoms with van der Waals surface area (Å²) in [5, 5.41) is -0.163. The summed E-state index contributed by atoms with van der Waals surface area (Å²) in [5.74, 6) is 3.71. The summed E-state index contributed by atoms with van der Waals surface area (Å²) in [6.07, 6.45) is 3.78.